The molecule has 0 bridgehead atoms. The molecule has 0 radical (unpaired) electrons. The summed E-state index contributed by atoms with van der Waals surface area (Å²) in [7, 11) is 0. The first-order valence-electron chi connectivity index (χ1n) is 7.56. The summed E-state index contributed by atoms with van der Waals surface area (Å²) < 4.78 is 18.9. The molecule has 1 rings (SSSR count). The SMILES string of the molecule is Cc1ccc(F)c(NC(=O)C(NC(=O)OC(C)(C)C)C(C)C)c1. The number of hydrogen-bond donors (Lipinski definition) is 2. The molecule has 0 aliphatic heterocycles. The molecule has 23 heavy (non-hydrogen) atoms. The number of benzene rings is 1. The van der Waals surface area contributed by atoms with Crippen LogP contribution in [0.4, 0.5) is 14.9 Å². The van der Waals surface area contributed by atoms with Crippen LogP contribution < -0.4 is 10.6 Å². The summed E-state index contributed by atoms with van der Waals surface area (Å²) in [5.74, 6) is -1.20. The maximum Gasteiger partial charge on any atom is 0.408 e. The Bertz CT molecular complexity index is 580. The van der Waals surface area contributed by atoms with Crippen molar-refractivity contribution in [3.8, 4) is 0 Å². The van der Waals surface area contributed by atoms with Crippen molar-refractivity contribution in [1.82, 2.24) is 5.32 Å². The Morgan fingerprint density at radius 3 is 2.35 bits per heavy atom. The Balaban J connectivity index is 2.83. The number of halogens is 1. The standard InChI is InChI=1S/C17H25FN2O3/c1-10(2)14(20-16(22)23-17(4,5)6)15(21)19-13-9-11(3)7-8-12(13)18/h7-10,14H,1-6H3,(H,19,21)(H,20,22). The molecule has 128 valence electrons. The van der Waals surface area contributed by atoms with Crippen LogP contribution in [0, 0.1) is 18.7 Å². The second-order valence-corrected chi connectivity index (χ2v) is 6.84. The van der Waals surface area contributed by atoms with Crippen LogP contribution in [0.15, 0.2) is 18.2 Å². The minimum Gasteiger partial charge on any atom is -0.444 e. The van der Waals surface area contributed by atoms with Crippen molar-refractivity contribution in [1.29, 1.82) is 0 Å². The lowest BCUT2D eigenvalue weighted by atomic mass is 10.0. The third kappa shape index (κ3) is 6.26. The summed E-state index contributed by atoms with van der Waals surface area (Å²) in [6.45, 7) is 10.6. The van der Waals surface area contributed by atoms with E-state index in [9.17, 15) is 14.0 Å². The highest BCUT2D eigenvalue weighted by molar-refractivity contribution is 5.96. The van der Waals surface area contributed by atoms with Crippen molar-refractivity contribution in [3.05, 3.63) is 29.6 Å². The van der Waals surface area contributed by atoms with E-state index in [-0.39, 0.29) is 11.6 Å². The molecule has 0 saturated heterocycles. The zero-order valence-electron chi connectivity index (χ0n) is 14.5. The Kier molecular flexibility index (Phi) is 6.12. The van der Waals surface area contributed by atoms with Gasteiger partial charge < -0.3 is 15.4 Å². The molecular formula is C17H25FN2O3. The minimum atomic E-state index is -0.829. The first-order chi connectivity index (χ1) is 10.5. The van der Waals surface area contributed by atoms with Crippen molar-refractivity contribution in [2.24, 2.45) is 5.92 Å². The average molecular weight is 324 g/mol. The van der Waals surface area contributed by atoms with Gasteiger partial charge in [-0.15, -0.1) is 0 Å². The molecular weight excluding hydrogens is 299 g/mol. The molecule has 1 atom stereocenters. The first kappa shape index (κ1) is 18.9. The lowest BCUT2D eigenvalue weighted by Gasteiger charge is -2.25. The summed E-state index contributed by atoms with van der Waals surface area (Å²) in [5, 5.41) is 5.05. The van der Waals surface area contributed by atoms with E-state index in [4.69, 9.17) is 4.74 Å². The molecule has 6 heteroatoms. The van der Waals surface area contributed by atoms with Gasteiger partial charge in [-0.05, 0) is 51.3 Å². The van der Waals surface area contributed by atoms with Gasteiger partial charge in [0.15, 0.2) is 0 Å². The van der Waals surface area contributed by atoms with E-state index in [2.05, 4.69) is 10.6 Å². The zero-order valence-corrected chi connectivity index (χ0v) is 14.5. The van der Waals surface area contributed by atoms with Gasteiger partial charge in [-0.25, -0.2) is 9.18 Å². The fourth-order valence-electron chi connectivity index (χ4n) is 1.91. The molecule has 0 fully saturated rings. The molecule has 1 aromatic rings. The van der Waals surface area contributed by atoms with Crippen LogP contribution in [-0.4, -0.2) is 23.6 Å². The van der Waals surface area contributed by atoms with Crippen molar-refractivity contribution in [2.75, 3.05) is 5.32 Å². The maximum atomic E-state index is 13.8. The van der Waals surface area contributed by atoms with E-state index in [1.165, 1.54) is 12.1 Å². The maximum absolute atomic E-state index is 13.8. The third-order valence-electron chi connectivity index (χ3n) is 3.00. The molecule has 1 unspecified atom stereocenters. The number of nitrogens with one attached hydrogen (secondary N) is 2. The molecule has 2 amide bonds. The highest BCUT2D eigenvalue weighted by Gasteiger charge is 2.27. The molecule has 5 nitrogen and oxygen atoms in total. The van der Waals surface area contributed by atoms with Gasteiger partial charge in [0, 0.05) is 0 Å². The molecule has 0 heterocycles. The van der Waals surface area contributed by atoms with Gasteiger partial charge in [0.05, 0.1) is 5.69 Å². The van der Waals surface area contributed by atoms with Crippen LogP contribution in [-0.2, 0) is 9.53 Å². The van der Waals surface area contributed by atoms with Gasteiger partial charge in [-0.2, -0.15) is 0 Å². The minimum absolute atomic E-state index is 0.0895. The Hall–Kier alpha value is -2.11. The number of amides is 2. The number of carbonyl (C=O) groups is 2. The topological polar surface area (TPSA) is 67.4 Å². The highest BCUT2D eigenvalue weighted by atomic mass is 19.1. The molecule has 0 aliphatic carbocycles. The lowest BCUT2D eigenvalue weighted by molar-refractivity contribution is -0.119. The summed E-state index contributed by atoms with van der Waals surface area (Å²) in [6.07, 6.45) is -0.684. The molecule has 0 spiro atoms. The normalized spacial score (nSPS) is 12.7. The van der Waals surface area contributed by atoms with E-state index < -0.39 is 29.5 Å². The van der Waals surface area contributed by atoms with E-state index >= 15 is 0 Å². The number of ether oxygens (including phenoxy) is 1. The number of carbonyl (C=O) groups excluding carboxylic acids is 2. The van der Waals surface area contributed by atoms with Crippen LogP contribution in [0.3, 0.4) is 0 Å². The van der Waals surface area contributed by atoms with E-state index in [1.807, 2.05) is 0 Å². The van der Waals surface area contributed by atoms with E-state index in [0.29, 0.717) is 0 Å². The van der Waals surface area contributed by atoms with Gasteiger partial charge in [-0.3, -0.25) is 4.79 Å². The zero-order chi connectivity index (χ0) is 17.8. The fourth-order valence-corrected chi connectivity index (χ4v) is 1.91. The number of aryl methyl sites for hydroxylation is 1. The van der Waals surface area contributed by atoms with Crippen molar-refractivity contribution < 1.29 is 18.7 Å². The van der Waals surface area contributed by atoms with E-state index in [1.54, 1.807) is 47.6 Å². The summed E-state index contributed by atoms with van der Waals surface area (Å²) in [6, 6.07) is 3.61. The predicted molar refractivity (Wildman–Crippen MR) is 87.8 cm³/mol. The monoisotopic (exact) mass is 324 g/mol. The largest absolute Gasteiger partial charge is 0.444 e. The molecule has 0 aromatic heterocycles. The first-order valence-corrected chi connectivity index (χ1v) is 7.56. The number of rotatable bonds is 4. The lowest BCUT2D eigenvalue weighted by Crippen LogP contribution is -2.48. The van der Waals surface area contributed by atoms with Crippen LogP contribution in [0.2, 0.25) is 0 Å². The van der Waals surface area contributed by atoms with Crippen molar-refractivity contribution in [2.45, 2.75) is 53.2 Å². The number of hydrogen-bond acceptors (Lipinski definition) is 3. The Labute approximate surface area is 136 Å². The molecule has 1 aromatic carbocycles. The van der Waals surface area contributed by atoms with Crippen molar-refractivity contribution >= 4 is 17.7 Å². The van der Waals surface area contributed by atoms with Gasteiger partial charge >= 0.3 is 6.09 Å². The quantitative estimate of drug-likeness (QED) is 0.889. The molecule has 2 N–H and O–H groups in total. The summed E-state index contributed by atoms with van der Waals surface area (Å²) in [5.41, 5.74) is 0.250. The van der Waals surface area contributed by atoms with E-state index in [0.717, 1.165) is 5.56 Å². The number of anilines is 1. The van der Waals surface area contributed by atoms with Gasteiger partial charge in [0.1, 0.15) is 17.5 Å². The third-order valence-corrected chi connectivity index (χ3v) is 3.00. The second kappa shape index (κ2) is 7.44. The van der Waals surface area contributed by atoms with Crippen LogP contribution >= 0.6 is 0 Å². The Morgan fingerprint density at radius 2 is 1.83 bits per heavy atom. The molecule has 0 aliphatic rings. The summed E-state index contributed by atoms with van der Waals surface area (Å²) in [4.78, 5) is 24.2. The highest BCUT2D eigenvalue weighted by Crippen LogP contribution is 2.17. The second-order valence-electron chi connectivity index (χ2n) is 6.84. The average Bonchev–Trinajstić information content (AvgIpc) is 2.37. The molecule has 0 saturated carbocycles. The fraction of sp³-hybridized carbons (Fsp3) is 0.529. The van der Waals surface area contributed by atoms with Crippen molar-refractivity contribution in [3.63, 3.8) is 0 Å². The van der Waals surface area contributed by atoms with Crippen LogP contribution in [0.5, 0.6) is 0 Å². The Morgan fingerprint density at radius 1 is 1.22 bits per heavy atom. The summed E-state index contributed by atoms with van der Waals surface area (Å²) >= 11 is 0. The predicted octanol–water partition coefficient (Wildman–Crippen LogP) is 3.62. The van der Waals surface area contributed by atoms with Gasteiger partial charge in [0.25, 0.3) is 0 Å². The van der Waals surface area contributed by atoms with Crippen LogP contribution in [0.1, 0.15) is 40.2 Å². The van der Waals surface area contributed by atoms with Gasteiger partial charge in [-0.1, -0.05) is 19.9 Å². The number of alkyl carbamates (subject to hydrolysis) is 1. The van der Waals surface area contributed by atoms with Crippen LogP contribution in [0.25, 0.3) is 0 Å². The van der Waals surface area contributed by atoms with Gasteiger partial charge in [0.2, 0.25) is 5.91 Å². The smallest absolute Gasteiger partial charge is 0.408 e.